The summed E-state index contributed by atoms with van der Waals surface area (Å²) in [6.07, 6.45) is 0. The molecule has 2 nitrogen and oxygen atoms in total. The minimum Gasteiger partial charge on any atom is -0.323 e. The summed E-state index contributed by atoms with van der Waals surface area (Å²) in [6.45, 7) is 0. The highest BCUT2D eigenvalue weighted by atomic mass is 35.5. The molecule has 0 aliphatic carbocycles. The first-order valence-electron chi connectivity index (χ1n) is 6.11. The lowest BCUT2D eigenvalue weighted by molar-refractivity contribution is -0.113. The summed E-state index contributed by atoms with van der Waals surface area (Å²) < 4.78 is 26.3. The van der Waals surface area contributed by atoms with E-state index in [2.05, 4.69) is 5.32 Å². The molecule has 0 fully saturated rings. The van der Waals surface area contributed by atoms with Gasteiger partial charge in [-0.1, -0.05) is 23.7 Å². The van der Waals surface area contributed by atoms with Crippen molar-refractivity contribution in [3.05, 3.63) is 64.7 Å². The summed E-state index contributed by atoms with van der Waals surface area (Å²) in [5.41, 5.74) is 0.848. The Morgan fingerprint density at radius 1 is 1.19 bits per heavy atom. The Hall–Kier alpha value is -1.59. The van der Waals surface area contributed by atoms with Gasteiger partial charge in [0.1, 0.15) is 11.6 Å². The summed E-state index contributed by atoms with van der Waals surface area (Å²) in [4.78, 5) is 11.7. The molecule has 1 N–H and O–H groups in total. The van der Waals surface area contributed by atoms with Gasteiger partial charge >= 0.3 is 0 Å². The van der Waals surface area contributed by atoms with E-state index in [0.717, 1.165) is 23.8 Å². The monoisotopic (exact) mass is 327 g/mol. The Morgan fingerprint density at radius 3 is 2.76 bits per heavy atom. The van der Waals surface area contributed by atoms with Crippen LogP contribution in [-0.4, -0.2) is 11.7 Å². The number of rotatable bonds is 5. The first-order valence-corrected chi connectivity index (χ1v) is 7.65. The maximum absolute atomic E-state index is 13.4. The quantitative estimate of drug-likeness (QED) is 0.876. The third-order valence-corrected chi connectivity index (χ3v) is 3.83. The normalized spacial score (nSPS) is 10.4. The highest BCUT2D eigenvalue weighted by Crippen LogP contribution is 2.18. The first kappa shape index (κ1) is 15.8. The van der Waals surface area contributed by atoms with Gasteiger partial charge in [-0.15, -0.1) is 11.8 Å². The molecule has 0 aliphatic rings. The van der Waals surface area contributed by atoms with E-state index in [1.54, 1.807) is 6.07 Å². The summed E-state index contributed by atoms with van der Waals surface area (Å²) in [7, 11) is 0. The molecular weight excluding hydrogens is 316 g/mol. The smallest absolute Gasteiger partial charge is 0.234 e. The molecule has 0 spiro atoms. The van der Waals surface area contributed by atoms with E-state index in [-0.39, 0.29) is 17.3 Å². The maximum Gasteiger partial charge on any atom is 0.234 e. The van der Waals surface area contributed by atoms with Gasteiger partial charge in [-0.05, 0) is 29.8 Å². The third kappa shape index (κ3) is 5.02. The standard InChI is InChI=1S/C15H12ClF2NOS/c16-11-3-1-2-10(6-11)8-21-9-15(20)19-14-7-12(17)4-5-13(14)18/h1-7H,8-9H2,(H,19,20). The second kappa shape index (κ2) is 7.43. The second-order valence-electron chi connectivity index (χ2n) is 4.30. The average Bonchev–Trinajstić information content (AvgIpc) is 2.43. The van der Waals surface area contributed by atoms with Crippen molar-refractivity contribution in [2.75, 3.05) is 11.1 Å². The van der Waals surface area contributed by atoms with Crippen LogP contribution < -0.4 is 5.32 Å². The molecule has 2 aromatic rings. The van der Waals surface area contributed by atoms with Gasteiger partial charge in [-0.2, -0.15) is 0 Å². The van der Waals surface area contributed by atoms with Crippen LogP contribution in [0.4, 0.5) is 14.5 Å². The summed E-state index contributed by atoms with van der Waals surface area (Å²) in [5.74, 6) is -0.892. The molecule has 2 aromatic carbocycles. The van der Waals surface area contributed by atoms with Crippen molar-refractivity contribution in [1.29, 1.82) is 0 Å². The zero-order valence-electron chi connectivity index (χ0n) is 10.9. The number of halogens is 3. The molecule has 0 atom stereocenters. The van der Waals surface area contributed by atoms with Crippen molar-refractivity contribution in [3.8, 4) is 0 Å². The molecular formula is C15H12ClF2NOS. The van der Waals surface area contributed by atoms with Crippen molar-refractivity contribution >= 4 is 35.0 Å². The molecule has 21 heavy (non-hydrogen) atoms. The molecule has 0 unspecified atom stereocenters. The molecule has 0 saturated heterocycles. The van der Waals surface area contributed by atoms with Gasteiger partial charge in [-0.25, -0.2) is 8.78 Å². The number of nitrogens with one attached hydrogen (secondary N) is 1. The van der Waals surface area contributed by atoms with Crippen molar-refractivity contribution < 1.29 is 13.6 Å². The van der Waals surface area contributed by atoms with E-state index in [1.807, 2.05) is 18.2 Å². The fraction of sp³-hybridized carbons (Fsp3) is 0.133. The number of hydrogen-bond donors (Lipinski definition) is 1. The molecule has 0 radical (unpaired) electrons. The minimum absolute atomic E-state index is 0.141. The van der Waals surface area contributed by atoms with Crippen LogP contribution >= 0.6 is 23.4 Å². The van der Waals surface area contributed by atoms with Crippen LogP contribution in [0.2, 0.25) is 5.02 Å². The molecule has 2 rings (SSSR count). The molecule has 1 amide bonds. The Balaban J connectivity index is 1.84. The summed E-state index contributed by atoms with van der Waals surface area (Å²) in [6, 6.07) is 10.3. The maximum atomic E-state index is 13.4. The Bertz CT molecular complexity index is 651. The van der Waals surface area contributed by atoms with E-state index in [0.29, 0.717) is 10.8 Å². The van der Waals surface area contributed by atoms with Crippen LogP contribution in [0.3, 0.4) is 0 Å². The van der Waals surface area contributed by atoms with E-state index in [1.165, 1.54) is 11.8 Å². The number of amides is 1. The topological polar surface area (TPSA) is 29.1 Å². The minimum atomic E-state index is -0.662. The molecule has 6 heteroatoms. The molecule has 0 aliphatic heterocycles. The van der Waals surface area contributed by atoms with Gasteiger partial charge in [0.15, 0.2) is 0 Å². The number of hydrogen-bond acceptors (Lipinski definition) is 2. The number of anilines is 1. The molecule has 0 aromatic heterocycles. The lowest BCUT2D eigenvalue weighted by atomic mass is 10.2. The predicted molar refractivity (Wildman–Crippen MR) is 82.6 cm³/mol. The zero-order chi connectivity index (χ0) is 15.2. The highest BCUT2D eigenvalue weighted by Gasteiger charge is 2.08. The molecule has 0 bridgehead atoms. The van der Waals surface area contributed by atoms with Crippen molar-refractivity contribution in [3.63, 3.8) is 0 Å². The fourth-order valence-electron chi connectivity index (χ4n) is 1.67. The molecule has 0 saturated carbocycles. The van der Waals surface area contributed by atoms with Crippen LogP contribution in [0.1, 0.15) is 5.56 Å². The van der Waals surface area contributed by atoms with Crippen LogP contribution in [-0.2, 0) is 10.5 Å². The lowest BCUT2D eigenvalue weighted by Crippen LogP contribution is -2.15. The van der Waals surface area contributed by atoms with Crippen molar-refractivity contribution in [2.45, 2.75) is 5.75 Å². The van der Waals surface area contributed by atoms with E-state index in [9.17, 15) is 13.6 Å². The molecule has 110 valence electrons. The second-order valence-corrected chi connectivity index (χ2v) is 5.72. The van der Waals surface area contributed by atoms with Crippen molar-refractivity contribution in [1.82, 2.24) is 0 Å². The highest BCUT2D eigenvalue weighted by molar-refractivity contribution is 7.99. The Morgan fingerprint density at radius 2 is 2.00 bits per heavy atom. The van der Waals surface area contributed by atoms with Crippen LogP contribution in [0.5, 0.6) is 0 Å². The van der Waals surface area contributed by atoms with Crippen molar-refractivity contribution in [2.24, 2.45) is 0 Å². The Labute approximate surface area is 130 Å². The van der Waals surface area contributed by atoms with Gasteiger partial charge in [0.2, 0.25) is 5.91 Å². The van der Waals surface area contributed by atoms with E-state index >= 15 is 0 Å². The van der Waals surface area contributed by atoms with Crippen LogP contribution in [0.15, 0.2) is 42.5 Å². The van der Waals surface area contributed by atoms with Gasteiger partial charge in [0.05, 0.1) is 11.4 Å². The summed E-state index contributed by atoms with van der Waals surface area (Å²) >= 11 is 7.23. The number of carbonyl (C=O) groups excluding carboxylic acids is 1. The van der Waals surface area contributed by atoms with Crippen LogP contribution in [0.25, 0.3) is 0 Å². The predicted octanol–water partition coefficient (Wildman–Crippen LogP) is 4.49. The number of benzene rings is 2. The first-order chi connectivity index (χ1) is 10.0. The van der Waals surface area contributed by atoms with E-state index < -0.39 is 11.6 Å². The van der Waals surface area contributed by atoms with Gasteiger partial charge < -0.3 is 5.32 Å². The number of carbonyl (C=O) groups is 1. The third-order valence-electron chi connectivity index (χ3n) is 2.59. The Kier molecular flexibility index (Phi) is 5.59. The van der Waals surface area contributed by atoms with E-state index in [4.69, 9.17) is 11.6 Å². The summed E-state index contributed by atoms with van der Waals surface area (Å²) in [5, 5.41) is 2.99. The number of thioether (sulfide) groups is 1. The zero-order valence-corrected chi connectivity index (χ0v) is 12.5. The van der Waals surface area contributed by atoms with Crippen LogP contribution in [0, 0.1) is 11.6 Å². The molecule has 0 heterocycles. The average molecular weight is 328 g/mol. The SMILES string of the molecule is O=C(CSCc1cccc(Cl)c1)Nc1cc(F)ccc1F. The van der Waals surface area contributed by atoms with Gasteiger partial charge in [0, 0.05) is 16.8 Å². The largest absolute Gasteiger partial charge is 0.323 e. The van der Waals surface area contributed by atoms with Gasteiger partial charge in [0.25, 0.3) is 0 Å². The van der Waals surface area contributed by atoms with Gasteiger partial charge in [-0.3, -0.25) is 4.79 Å². The lowest BCUT2D eigenvalue weighted by Gasteiger charge is -2.06. The fourth-order valence-corrected chi connectivity index (χ4v) is 2.66.